The molecular weight excluding hydrogens is 472 g/mol. The smallest absolute Gasteiger partial charge is 0.373 e. The minimum Gasteiger partial charge on any atom is -0.480 e. The van der Waals surface area contributed by atoms with Crippen LogP contribution in [0.3, 0.4) is 0 Å². The summed E-state index contributed by atoms with van der Waals surface area (Å²) in [5.41, 5.74) is 2.23. The molecule has 0 aliphatic carbocycles. The maximum absolute atomic E-state index is 11.4. The van der Waals surface area contributed by atoms with Crippen LogP contribution in [-0.2, 0) is 30.4 Å². The van der Waals surface area contributed by atoms with Gasteiger partial charge >= 0.3 is 24.1 Å². The molecule has 0 radical (unpaired) electrons. The number of hydrogen-bond donors (Lipinski definition) is 3. The van der Waals surface area contributed by atoms with Gasteiger partial charge in [-0.25, -0.2) is 0 Å². The molecule has 12 nitrogen and oxygen atoms in total. The Hall–Kier alpha value is -3.15. The normalized spacial score (nSPS) is 16.5. The van der Waals surface area contributed by atoms with Crippen LogP contribution in [0.4, 0.5) is 0 Å². The third-order valence-corrected chi connectivity index (χ3v) is 5.92. The monoisotopic (exact) mass is 508 g/mol. The Morgan fingerprint density at radius 2 is 1.39 bits per heavy atom. The molecule has 0 amide bonds. The van der Waals surface area contributed by atoms with Crippen molar-refractivity contribution in [3.8, 4) is 0 Å². The van der Waals surface area contributed by atoms with E-state index in [0.29, 0.717) is 26.1 Å². The van der Waals surface area contributed by atoms with E-state index in [9.17, 15) is 29.7 Å². The van der Waals surface area contributed by atoms with Gasteiger partial charge in [0, 0.05) is 51.9 Å². The van der Waals surface area contributed by atoms with E-state index in [-0.39, 0.29) is 38.4 Å². The van der Waals surface area contributed by atoms with Gasteiger partial charge in [-0.05, 0) is 26.0 Å². The maximum atomic E-state index is 11.4. The average molecular weight is 509 g/mol. The van der Waals surface area contributed by atoms with E-state index in [1.54, 1.807) is 0 Å². The Morgan fingerprint density at radius 1 is 0.889 bits per heavy atom. The van der Waals surface area contributed by atoms with Crippen molar-refractivity contribution in [3.63, 3.8) is 0 Å². The van der Waals surface area contributed by atoms with Crippen LogP contribution >= 0.6 is 0 Å². The SMILES string of the molecule is Cc1ccc(CC(CN(CC(=O)O)CC(=O)O)N2CCN(C)CCN(CC(=O)O)CC2)cc1.O=C=O. The molecule has 1 heterocycles. The molecule has 1 aromatic carbocycles. The van der Waals surface area contributed by atoms with Crippen molar-refractivity contribution in [2.24, 2.45) is 0 Å². The highest BCUT2D eigenvalue weighted by Crippen LogP contribution is 2.14. The van der Waals surface area contributed by atoms with Gasteiger partial charge in [0.2, 0.25) is 0 Å². The fourth-order valence-corrected chi connectivity index (χ4v) is 4.10. The van der Waals surface area contributed by atoms with Crippen LogP contribution < -0.4 is 0 Å². The van der Waals surface area contributed by atoms with Crippen molar-refractivity contribution in [1.29, 1.82) is 0 Å². The quantitative estimate of drug-likeness (QED) is 0.350. The van der Waals surface area contributed by atoms with E-state index in [1.807, 2.05) is 43.1 Å². The van der Waals surface area contributed by atoms with E-state index in [4.69, 9.17) is 9.59 Å². The van der Waals surface area contributed by atoms with Gasteiger partial charge in [0.1, 0.15) is 0 Å². The van der Waals surface area contributed by atoms with Gasteiger partial charge in [-0.1, -0.05) is 29.8 Å². The summed E-state index contributed by atoms with van der Waals surface area (Å²) in [6, 6.07) is 8.02. The first kappa shape index (κ1) is 30.9. The summed E-state index contributed by atoms with van der Waals surface area (Å²) in [5.74, 6) is -3.00. The number of rotatable bonds is 11. The number of likely N-dealkylation sites (N-methyl/N-ethyl adjacent to an activating group) is 1. The molecule has 1 fully saturated rings. The number of carbonyl (C=O) groups excluding carboxylic acids is 2. The number of benzene rings is 1. The third-order valence-electron chi connectivity index (χ3n) is 5.92. The molecule has 3 N–H and O–H groups in total. The van der Waals surface area contributed by atoms with Crippen LogP contribution in [0, 0.1) is 6.92 Å². The predicted octanol–water partition coefficient (Wildman–Crippen LogP) is -0.572. The molecule has 0 aromatic heterocycles. The topological polar surface area (TPSA) is 159 Å². The highest BCUT2D eigenvalue weighted by molar-refractivity contribution is 5.72. The minimum absolute atomic E-state index is 0.0333. The van der Waals surface area contributed by atoms with Gasteiger partial charge in [0.25, 0.3) is 0 Å². The number of carboxylic acid groups (broad SMARTS) is 3. The highest BCUT2D eigenvalue weighted by atomic mass is 16.4. The first-order valence-corrected chi connectivity index (χ1v) is 11.6. The largest absolute Gasteiger partial charge is 0.480 e. The molecule has 1 atom stereocenters. The van der Waals surface area contributed by atoms with Gasteiger partial charge in [-0.2, -0.15) is 9.59 Å². The molecule has 36 heavy (non-hydrogen) atoms. The molecule has 2 rings (SSSR count). The summed E-state index contributed by atoms with van der Waals surface area (Å²) in [6.45, 7) is 5.67. The Bertz CT molecular complexity index is 857. The Labute approximate surface area is 210 Å². The average Bonchev–Trinajstić information content (AvgIpc) is 2.85. The van der Waals surface area contributed by atoms with Crippen molar-refractivity contribution >= 4 is 24.1 Å². The zero-order valence-corrected chi connectivity index (χ0v) is 20.8. The van der Waals surface area contributed by atoms with Crippen molar-refractivity contribution in [2.75, 3.05) is 72.5 Å². The first-order valence-electron chi connectivity index (χ1n) is 11.6. The minimum atomic E-state index is -1.07. The van der Waals surface area contributed by atoms with Gasteiger partial charge in [0.05, 0.1) is 19.6 Å². The van der Waals surface area contributed by atoms with E-state index < -0.39 is 17.9 Å². The number of carboxylic acids is 3. The second-order valence-corrected chi connectivity index (χ2v) is 8.89. The fraction of sp³-hybridized carbons (Fsp3) is 0.583. The lowest BCUT2D eigenvalue weighted by Gasteiger charge is -2.36. The second kappa shape index (κ2) is 16.5. The van der Waals surface area contributed by atoms with E-state index in [1.165, 1.54) is 4.90 Å². The first-order chi connectivity index (χ1) is 17.0. The highest BCUT2D eigenvalue weighted by Gasteiger charge is 2.26. The zero-order chi connectivity index (χ0) is 27.1. The predicted molar refractivity (Wildman–Crippen MR) is 129 cm³/mol. The summed E-state index contributed by atoms with van der Waals surface area (Å²) in [6.07, 6.45) is 0.888. The Balaban J connectivity index is 0.00000205. The number of carbonyl (C=O) groups is 3. The molecular formula is C24H36N4O8. The summed E-state index contributed by atoms with van der Waals surface area (Å²) in [7, 11) is 2.00. The molecule has 200 valence electrons. The Morgan fingerprint density at radius 3 is 1.92 bits per heavy atom. The number of aryl methyl sites for hydroxylation is 1. The molecule has 0 saturated carbocycles. The lowest BCUT2D eigenvalue weighted by atomic mass is 10.0. The molecule has 1 saturated heterocycles. The van der Waals surface area contributed by atoms with Crippen LogP contribution in [0.2, 0.25) is 0 Å². The van der Waals surface area contributed by atoms with Crippen molar-refractivity contribution in [1.82, 2.24) is 19.6 Å². The summed E-state index contributed by atoms with van der Waals surface area (Å²) >= 11 is 0. The molecule has 1 aliphatic rings. The van der Waals surface area contributed by atoms with Gasteiger partial charge in [-0.3, -0.25) is 29.1 Å². The van der Waals surface area contributed by atoms with Crippen LogP contribution in [0.15, 0.2) is 24.3 Å². The zero-order valence-electron chi connectivity index (χ0n) is 20.8. The van der Waals surface area contributed by atoms with Gasteiger partial charge in [0.15, 0.2) is 0 Å². The van der Waals surface area contributed by atoms with E-state index in [0.717, 1.165) is 30.8 Å². The Kier molecular flexibility index (Phi) is 14.2. The van der Waals surface area contributed by atoms with Crippen molar-refractivity contribution in [3.05, 3.63) is 35.4 Å². The molecule has 12 heteroatoms. The van der Waals surface area contributed by atoms with Gasteiger partial charge in [-0.15, -0.1) is 0 Å². The van der Waals surface area contributed by atoms with E-state index in [2.05, 4.69) is 9.80 Å². The lowest BCUT2D eigenvalue weighted by Crippen LogP contribution is -2.50. The maximum Gasteiger partial charge on any atom is 0.373 e. The molecule has 1 aliphatic heterocycles. The van der Waals surface area contributed by atoms with Crippen LogP contribution in [-0.4, -0.2) is 138 Å². The lowest BCUT2D eigenvalue weighted by molar-refractivity contribution is -0.191. The second-order valence-electron chi connectivity index (χ2n) is 8.89. The van der Waals surface area contributed by atoms with Crippen molar-refractivity contribution in [2.45, 2.75) is 19.4 Å². The van der Waals surface area contributed by atoms with E-state index >= 15 is 0 Å². The fourth-order valence-electron chi connectivity index (χ4n) is 4.10. The van der Waals surface area contributed by atoms with Crippen LogP contribution in [0.5, 0.6) is 0 Å². The third kappa shape index (κ3) is 13.1. The molecule has 0 spiro atoms. The summed E-state index contributed by atoms with van der Waals surface area (Å²) < 4.78 is 0. The molecule has 0 bridgehead atoms. The molecule has 1 unspecified atom stereocenters. The standard InChI is InChI=1S/C23H36N4O6.CO2/c1-18-3-5-19(6-4-18)13-20(14-26(16-22(30)31)17-23(32)33)27-11-8-24(2)7-9-25(10-12-27)15-21(28)29;2-1-3/h3-6,20H,7-17H2,1-2H3,(H,28,29)(H,30,31)(H,32,33);. The summed E-state index contributed by atoms with van der Waals surface area (Å²) in [4.78, 5) is 58.0. The number of nitrogens with zero attached hydrogens (tertiary/aromatic N) is 4. The summed E-state index contributed by atoms with van der Waals surface area (Å²) in [5, 5.41) is 27.8. The molecule has 1 aromatic rings. The number of hydrogen-bond acceptors (Lipinski definition) is 9. The number of aliphatic carboxylic acids is 3. The van der Waals surface area contributed by atoms with Crippen molar-refractivity contribution < 1.29 is 39.3 Å². The van der Waals surface area contributed by atoms with Crippen LogP contribution in [0.1, 0.15) is 11.1 Å². The van der Waals surface area contributed by atoms with Gasteiger partial charge < -0.3 is 20.2 Å². The van der Waals surface area contributed by atoms with Crippen LogP contribution in [0.25, 0.3) is 0 Å².